The van der Waals surface area contributed by atoms with Gasteiger partial charge in [-0.25, -0.2) is 8.42 Å². The summed E-state index contributed by atoms with van der Waals surface area (Å²) in [4.78, 5) is 13.3. The zero-order valence-electron chi connectivity index (χ0n) is 10.9. The summed E-state index contributed by atoms with van der Waals surface area (Å²) in [7, 11) is -3.80. The van der Waals surface area contributed by atoms with Gasteiger partial charge in [0.25, 0.3) is 15.6 Å². The van der Waals surface area contributed by atoms with E-state index in [1.54, 1.807) is 12.1 Å². The number of halogens is 1. The maximum Gasteiger partial charge on any atom is 0.266 e. The summed E-state index contributed by atoms with van der Waals surface area (Å²) in [6, 6.07) is 6.45. The highest BCUT2D eigenvalue weighted by molar-refractivity contribution is 7.92. The highest BCUT2D eigenvalue weighted by Gasteiger charge is 2.17. The van der Waals surface area contributed by atoms with Crippen LogP contribution in [0.5, 0.6) is 0 Å². The number of benzene rings is 1. The average molecular weight is 313 g/mol. The van der Waals surface area contributed by atoms with E-state index in [4.69, 9.17) is 11.6 Å². The van der Waals surface area contributed by atoms with E-state index >= 15 is 0 Å². The molecule has 106 valence electrons. The molecule has 0 atom stereocenters. The number of hydrogen-bond acceptors (Lipinski definition) is 3. The predicted molar refractivity (Wildman–Crippen MR) is 78.8 cm³/mol. The molecule has 7 heteroatoms. The number of nitrogens with one attached hydrogen (secondary N) is 2. The van der Waals surface area contributed by atoms with Crippen LogP contribution in [-0.4, -0.2) is 13.4 Å². The van der Waals surface area contributed by atoms with Gasteiger partial charge in [-0.2, -0.15) is 0 Å². The molecule has 0 aliphatic heterocycles. The van der Waals surface area contributed by atoms with Crippen molar-refractivity contribution in [2.45, 2.75) is 18.7 Å². The average Bonchev–Trinajstić information content (AvgIpc) is 2.38. The Morgan fingerprint density at radius 1 is 1.25 bits per heavy atom. The van der Waals surface area contributed by atoms with Gasteiger partial charge in [-0.05, 0) is 37.1 Å². The van der Waals surface area contributed by atoms with Crippen molar-refractivity contribution in [3.63, 3.8) is 0 Å². The Morgan fingerprint density at radius 2 is 1.95 bits per heavy atom. The lowest BCUT2D eigenvalue weighted by atomic mass is 10.1. The Morgan fingerprint density at radius 3 is 2.60 bits per heavy atom. The highest BCUT2D eigenvalue weighted by atomic mass is 35.5. The van der Waals surface area contributed by atoms with Crippen molar-refractivity contribution in [2.75, 3.05) is 4.72 Å². The van der Waals surface area contributed by atoms with Crippen LogP contribution >= 0.6 is 11.6 Å². The molecule has 2 aromatic rings. The minimum atomic E-state index is -3.80. The summed E-state index contributed by atoms with van der Waals surface area (Å²) in [5, 5.41) is -0.172. The van der Waals surface area contributed by atoms with Gasteiger partial charge in [-0.15, -0.1) is 0 Å². The molecule has 0 radical (unpaired) electrons. The molecular weight excluding hydrogens is 300 g/mol. The van der Waals surface area contributed by atoms with Crippen molar-refractivity contribution in [1.29, 1.82) is 0 Å². The number of pyridine rings is 1. The Balaban J connectivity index is 2.43. The van der Waals surface area contributed by atoms with E-state index in [-0.39, 0.29) is 9.92 Å². The van der Waals surface area contributed by atoms with Crippen LogP contribution in [0.3, 0.4) is 0 Å². The molecule has 20 heavy (non-hydrogen) atoms. The number of sulfonamides is 1. The molecule has 0 aliphatic carbocycles. The summed E-state index contributed by atoms with van der Waals surface area (Å²) in [6.45, 7) is 3.72. The summed E-state index contributed by atoms with van der Waals surface area (Å²) >= 11 is 5.64. The SMILES string of the molecule is Cc1cccc(NS(=O)(=O)c2c[nH]c(=O)c(Cl)c2)c1C. The number of H-pyrrole nitrogens is 1. The lowest BCUT2D eigenvalue weighted by Gasteiger charge is -2.12. The molecule has 0 fully saturated rings. The monoisotopic (exact) mass is 312 g/mol. The molecule has 1 heterocycles. The van der Waals surface area contributed by atoms with Gasteiger partial charge in [-0.1, -0.05) is 23.7 Å². The largest absolute Gasteiger partial charge is 0.326 e. The maximum absolute atomic E-state index is 12.2. The van der Waals surface area contributed by atoms with Gasteiger partial charge in [0.1, 0.15) is 9.92 Å². The number of hydrogen-bond donors (Lipinski definition) is 2. The van der Waals surface area contributed by atoms with E-state index in [0.717, 1.165) is 23.4 Å². The van der Waals surface area contributed by atoms with Gasteiger partial charge in [0.05, 0.1) is 5.69 Å². The van der Waals surface area contributed by atoms with Crippen LogP contribution < -0.4 is 10.3 Å². The van der Waals surface area contributed by atoms with Crippen molar-refractivity contribution in [1.82, 2.24) is 4.98 Å². The summed E-state index contributed by atoms with van der Waals surface area (Å²) in [5.74, 6) is 0. The second-order valence-electron chi connectivity index (χ2n) is 4.37. The Hall–Kier alpha value is -1.79. The molecule has 0 amide bonds. The van der Waals surface area contributed by atoms with Gasteiger partial charge >= 0.3 is 0 Å². The molecule has 0 unspecified atom stereocenters. The van der Waals surface area contributed by atoms with Gasteiger partial charge in [0.2, 0.25) is 0 Å². The molecule has 0 saturated heterocycles. The van der Waals surface area contributed by atoms with Gasteiger partial charge in [-0.3, -0.25) is 9.52 Å². The first-order chi connectivity index (χ1) is 9.31. The first kappa shape index (κ1) is 14.6. The van der Waals surface area contributed by atoms with Gasteiger partial charge in [0.15, 0.2) is 0 Å². The smallest absolute Gasteiger partial charge is 0.266 e. The Kier molecular flexibility index (Phi) is 3.87. The van der Waals surface area contributed by atoms with E-state index in [9.17, 15) is 13.2 Å². The van der Waals surface area contributed by atoms with E-state index in [2.05, 4.69) is 9.71 Å². The molecule has 0 saturated carbocycles. The normalized spacial score (nSPS) is 11.3. The molecular formula is C13H13ClN2O3S. The lowest BCUT2D eigenvalue weighted by Crippen LogP contribution is -2.16. The Bertz CT molecular complexity index is 813. The third-order valence-electron chi connectivity index (χ3n) is 2.99. The molecule has 0 aliphatic rings. The summed E-state index contributed by atoms with van der Waals surface area (Å²) in [6.07, 6.45) is 1.11. The van der Waals surface area contributed by atoms with Crippen LogP contribution in [-0.2, 0) is 10.0 Å². The maximum atomic E-state index is 12.2. The standard InChI is InChI=1S/C13H13ClN2O3S/c1-8-4-3-5-12(9(8)2)16-20(18,19)10-6-11(14)13(17)15-7-10/h3-7,16H,1-2H3,(H,15,17). The molecule has 0 spiro atoms. The third-order valence-corrected chi connectivity index (χ3v) is 4.62. The van der Waals surface area contributed by atoms with Crippen LogP contribution in [0, 0.1) is 13.8 Å². The van der Waals surface area contributed by atoms with E-state index in [0.29, 0.717) is 5.69 Å². The van der Waals surface area contributed by atoms with Crippen LogP contribution in [0.15, 0.2) is 40.2 Å². The zero-order valence-corrected chi connectivity index (χ0v) is 12.5. The number of aromatic amines is 1. The molecule has 0 bridgehead atoms. The second kappa shape index (κ2) is 5.30. The van der Waals surface area contributed by atoms with Crippen LogP contribution in [0.25, 0.3) is 0 Å². The van der Waals surface area contributed by atoms with Crippen molar-refractivity contribution in [3.8, 4) is 0 Å². The quantitative estimate of drug-likeness (QED) is 0.913. The minimum Gasteiger partial charge on any atom is -0.326 e. The predicted octanol–water partition coefficient (Wildman–Crippen LogP) is 2.45. The van der Waals surface area contributed by atoms with E-state index < -0.39 is 15.6 Å². The fourth-order valence-corrected chi connectivity index (χ4v) is 3.01. The fourth-order valence-electron chi connectivity index (χ4n) is 1.66. The van der Waals surface area contributed by atoms with Crippen molar-refractivity contribution in [2.24, 2.45) is 0 Å². The number of aromatic nitrogens is 1. The fraction of sp³-hybridized carbons (Fsp3) is 0.154. The topological polar surface area (TPSA) is 79.0 Å². The molecule has 1 aromatic heterocycles. The first-order valence-corrected chi connectivity index (χ1v) is 7.64. The molecule has 1 aromatic carbocycles. The molecule has 2 N–H and O–H groups in total. The second-order valence-corrected chi connectivity index (χ2v) is 6.46. The first-order valence-electron chi connectivity index (χ1n) is 5.78. The van der Waals surface area contributed by atoms with Crippen LogP contribution in [0.2, 0.25) is 5.02 Å². The van der Waals surface area contributed by atoms with Crippen molar-refractivity contribution < 1.29 is 8.42 Å². The van der Waals surface area contributed by atoms with Gasteiger partial charge < -0.3 is 4.98 Å². The number of rotatable bonds is 3. The lowest BCUT2D eigenvalue weighted by molar-refractivity contribution is 0.600. The van der Waals surface area contributed by atoms with Gasteiger partial charge in [0, 0.05) is 6.20 Å². The zero-order chi connectivity index (χ0) is 14.9. The van der Waals surface area contributed by atoms with E-state index in [1.165, 1.54) is 0 Å². The minimum absolute atomic E-state index is 0.0944. The van der Waals surface area contributed by atoms with Crippen molar-refractivity contribution in [3.05, 3.63) is 57.0 Å². The Labute approximate surface area is 121 Å². The molecule has 2 rings (SSSR count). The number of aryl methyl sites for hydroxylation is 1. The van der Waals surface area contributed by atoms with Crippen LogP contribution in [0.1, 0.15) is 11.1 Å². The third kappa shape index (κ3) is 2.86. The molecule has 5 nitrogen and oxygen atoms in total. The van der Waals surface area contributed by atoms with E-state index in [1.807, 2.05) is 19.9 Å². The summed E-state index contributed by atoms with van der Waals surface area (Å²) in [5.41, 5.74) is 1.78. The highest BCUT2D eigenvalue weighted by Crippen LogP contribution is 2.22. The summed E-state index contributed by atoms with van der Waals surface area (Å²) < 4.78 is 27.0. The van der Waals surface area contributed by atoms with Crippen LogP contribution in [0.4, 0.5) is 5.69 Å². The number of anilines is 1. The van der Waals surface area contributed by atoms with Crippen molar-refractivity contribution >= 4 is 27.3 Å².